The van der Waals surface area contributed by atoms with Crippen molar-refractivity contribution in [3.05, 3.63) is 71.0 Å². The summed E-state index contributed by atoms with van der Waals surface area (Å²) in [4.78, 5) is 43.0. The van der Waals surface area contributed by atoms with E-state index in [2.05, 4.69) is 5.32 Å². The molecule has 2 aliphatic heterocycles. The van der Waals surface area contributed by atoms with Gasteiger partial charge in [0.2, 0.25) is 5.91 Å². The first-order valence-electron chi connectivity index (χ1n) is 11.6. The summed E-state index contributed by atoms with van der Waals surface area (Å²) < 4.78 is 19.4. The number of amides is 3. The van der Waals surface area contributed by atoms with Crippen LogP contribution in [0.5, 0.6) is 0 Å². The van der Waals surface area contributed by atoms with Crippen LogP contribution in [0.25, 0.3) is 0 Å². The van der Waals surface area contributed by atoms with Crippen molar-refractivity contribution in [2.24, 2.45) is 0 Å². The zero-order valence-corrected chi connectivity index (χ0v) is 19.7. The van der Waals surface area contributed by atoms with Gasteiger partial charge in [0.1, 0.15) is 17.6 Å². The standard InChI is InChI=1S/C26H30FN3O4/c1-17(2)28-23(31)22-16-34-26(30(22)25(33)21-7-5-4-6-18(21)3)12-14-29(15-13-26)24(32)19-8-10-20(27)11-9-19/h4-11,17,22H,12-16H2,1-3H3,(H,28,31)/t22-/m0/s1. The van der Waals surface area contributed by atoms with E-state index in [1.54, 1.807) is 21.9 Å². The third-order valence-electron chi connectivity index (χ3n) is 6.51. The molecule has 34 heavy (non-hydrogen) atoms. The molecule has 2 aromatic rings. The zero-order chi connectivity index (χ0) is 24.5. The van der Waals surface area contributed by atoms with Gasteiger partial charge in [-0.2, -0.15) is 0 Å². The van der Waals surface area contributed by atoms with Crippen molar-refractivity contribution < 1.29 is 23.5 Å². The molecule has 0 bridgehead atoms. The van der Waals surface area contributed by atoms with Crippen LogP contribution in [-0.4, -0.2) is 65.0 Å². The molecule has 4 rings (SSSR count). The maximum absolute atomic E-state index is 13.8. The topological polar surface area (TPSA) is 79.0 Å². The Kier molecular flexibility index (Phi) is 6.70. The molecule has 7 nitrogen and oxygen atoms in total. The molecular formula is C26H30FN3O4. The summed E-state index contributed by atoms with van der Waals surface area (Å²) in [5, 5.41) is 2.90. The first-order chi connectivity index (χ1) is 16.2. The van der Waals surface area contributed by atoms with E-state index in [0.717, 1.165) is 5.56 Å². The summed E-state index contributed by atoms with van der Waals surface area (Å²) in [6, 6.07) is 11.9. The molecule has 180 valence electrons. The first kappa shape index (κ1) is 23.9. The van der Waals surface area contributed by atoms with E-state index >= 15 is 0 Å². The first-order valence-corrected chi connectivity index (χ1v) is 11.6. The summed E-state index contributed by atoms with van der Waals surface area (Å²) in [6.07, 6.45) is 0.756. The molecule has 1 spiro atoms. The van der Waals surface area contributed by atoms with Gasteiger partial charge >= 0.3 is 0 Å². The Bertz CT molecular complexity index is 1080. The Morgan fingerprint density at radius 1 is 1.03 bits per heavy atom. The Balaban J connectivity index is 1.59. The van der Waals surface area contributed by atoms with Crippen molar-refractivity contribution in [1.82, 2.24) is 15.1 Å². The number of carbonyl (C=O) groups excluding carboxylic acids is 3. The third-order valence-corrected chi connectivity index (χ3v) is 6.51. The molecule has 2 aliphatic rings. The van der Waals surface area contributed by atoms with Crippen LogP contribution in [0.15, 0.2) is 48.5 Å². The molecule has 2 aromatic carbocycles. The maximum atomic E-state index is 13.8. The maximum Gasteiger partial charge on any atom is 0.257 e. The quantitative estimate of drug-likeness (QED) is 0.750. The number of piperidine rings is 1. The number of hydrogen-bond donors (Lipinski definition) is 1. The van der Waals surface area contributed by atoms with Crippen LogP contribution in [0.2, 0.25) is 0 Å². The van der Waals surface area contributed by atoms with E-state index < -0.39 is 17.6 Å². The van der Waals surface area contributed by atoms with Crippen LogP contribution in [0.4, 0.5) is 4.39 Å². The number of hydrogen-bond acceptors (Lipinski definition) is 4. The van der Waals surface area contributed by atoms with E-state index in [4.69, 9.17) is 4.74 Å². The fourth-order valence-electron chi connectivity index (χ4n) is 4.72. The minimum absolute atomic E-state index is 0.0744. The van der Waals surface area contributed by atoms with Gasteiger partial charge in [0.15, 0.2) is 0 Å². The molecule has 2 fully saturated rings. The van der Waals surface area contributed by atoms with Crippen LogP contribution in [-0.2, 0) is 9.53 Å². The largest absolute Gasteiger partial charge is 0.353 e. The summed E-state index contributed by atoms with van der Waals surface area (Å²) in [5.41, 5.74) is 0.783. The molecule has 0 aromatic heterocycles. The molecule has 0 unspecified atom stereocenters. The Hall–Kier alpha value is -3.26. The van der Waals surface area contributed by atoms with Gasteiger partial charge in [0.25, 0.3) is 11.8 Å². The average molecular weight is 468 g/mol. The van der Waals surface area contributed by atoms with Gasteiger partial charge in [0.05, 0.1) is 6.61 Å². The molecule has 0 aliphatic carbocycles. The SMILES string of the molecule is Cc1ccccc1C(=O)N1[C@H](C(=O)NC(C)C)COC12CCN(C(=O)c1ccc(F)cc1)CC2. The predicted molar refractivity (Wildman–Crippen MR) is 125 cm³/mol. The van der Waals surface area contributed by atoms with Crippen LogP contribution in [0.1, 0.15) is 53.0 Å². The van der Waals surface area contributed by atoms with E-state index in [-0.39, 0.29) is 30.4 Å². The molecule has 0 radical (unpaired) electrons. The smallest absolute Gasteiger partial charge is 0.257 e. The second-order valence-electron chi connectivity index (χ2n) is 9.23. The second-order valence-corrected chi connectivity index (χ2v) is 9.23. The van der Waals surface area contributed by atoms with E-state index in [1.807, 2.05) is 32.9 Å². The van der Waals surface area contributed by atoms with Crippen LogP contribution in [0, 0.1) is 12.7 Å². The molecule has 0 saturated carbocycles. The average Bonchev–Trinajstić information content (AvgIpc) is 3.18. The van der Waals surface area contributed by atoms with E-state index in [1.165, 1.54) is 24.3 Å². The van der Waals surface area contributed by atoms with Crippen LogP contribution >= 0.6 is 0 Å². The number of nitrogens with one attached hydrogen (secondary N) is 1. The highest BCUT2D eigenvalue weighted by Crippen LogP contribution is 2.39. The lowest BCUT2D eigenvalue weighted by molar-refractivity contribution is -0.128. The highest BCUT2D eigenvalue weighted by Gasteiger charge is 2.54. The number of rotatable bonds is 4. The molecular weight excluding hydrogens is 437 g/mol. The fourth-order valence-corrected chi connectivity index (χ4v) is 4.72. The number of halogens is 1. The Morgan fingerprint density at radius 2 is 1.68 bits per heavy atom. The normalized spacial score (nSPS) is 19.5. The van der Waals surface area contributed by atoms with E-state index in [0.29, 0.717) is 37.1 Å². The van der Waals surface area contributed by atoms with Gasteiger partial charge in [-0.15, -0.1) is 0 Å². The van der Waals surface area contributed by atoms with Gasteiger partial charge < -0.3 is 15.0 Å². The molecule has 2 saturated heterocycles. The molecule has 1 atom stereocenters. The molecule has 2 heterocycles. The van der Waals surface area contributed by atoms with Crippen molar-refractivity contribution in [1.29, 1.82) is 0 Å². The van der Waals surface area contributed by atoms with Crippen molar-refractivity contribution >= 4 is 17.7 Å². The molecule has 1 N–H and O–H groups in total. The zero-order valence-electron chi connectivity index (χ0n) is 19.7. The lowest BCUT2D eigenvalue weighted by Crippen LogP contribution is -2.60. The van der Waals surface area contributed by atoms with Crippen LogP contribution in [0.3, 0.4) is 0 Å². The van der Waals surface area contributed by atoms with Crippen molar-refractivity contribution in [2.45, 2.75) is 51.4 Å². The van der Waals surface area contributed by atoms with Gasteiger partial charge in [-0.1, -0.05) is 18.2 Å². The number of likely N-dealkylation sites (tertiary alicyclic amines) is 1. The minimum atomic E-state index is -0.974. The van der Waals surface area contributed by atoms with Gasteiger partial charge in [-0.05, 0) is 56.7 Å². The Labute approximate surface area is 198 Å². The number of aryl methyl sites for hydroxylation is 1. The summed E-state index contributed by atoms with van der Waals surface area (Å²) in [6.45, 7) is 6.41. The highest BCUT2D eigenvalue weighted by molar-refractivity contribution is 5.99. The fraction of sp³-hybridized carbons (Fsp3) is 0.423. The summed E-state index contributed by atoms with van der Waals surface area (Å²) >= 11 is 0. The predicted octanol–water partition coefficient (Wildman–Crippen LogP) is 3.13. The van der Waals surface area contributed by atoms with Gasteiger partial charge in [-0.25, -0.2) is 4.39 Å². The van der Waals surface area contributed by atoms with E-state index in [9.17, 15) is 18.8 Å². The number of benzene rings is 2. The Morgan fingerprint density at radius 3 is 2.29 bits per heavy atom. The summed E-state index contributed by atoms with van der Waals surface area (Å²) in [7, 11) is 0. The second kappa shape index (κ2) is 9.54. The summed E-state index contributed by atoms with van der Waals surface area (Å²) in [5.74, 6) is -1.10. The van der Waals surface area contributed by atoms with Gasteiger partial charge in [-0.3, -0.25) is 19.3 Å². The minimum Gasteiger partial charge on any atom is -0.353 e. The van der Waals surface area contributed by atoms with Crippen molar-refractivity contribution in [3.8, 4) is 0 Å². The van der Waals surface area contributed by atoms with Crippen molar-refractivity contribution in [3.63, 3.8) is 0 Å². The number of ether oxygens (including phenoxy) is 1. The van der Waals surface area contributed by atoms with Crippen LogP contribution < -0.4 is 5.32 Å². The lowest BCUT2D eigenvalue weighted by atomic mass is 9.95. The lowest BCUT2D eigenvalue weighted by Gasteiger charge is -2.44. The number of carbonyl (C=O) groups is 3. The van der Waals surface area contributed by atoms with Gasteiger partial charge in [0, 0.05) is 43.1 Å². The highest BCUT2D eigenvalue weighted by atomic mass is 19.1. The molecule has 8 heteroatoms. The van der Waals surface area contributed by atoms with Crippen molar-refractivity contribution in [2.75, 3.05) is 19.7 Å². The molecule has 3 amide bonds. The monoisotopic (exact) mass is 467 g/mol. The number of nitrogens with zero attached hydrogens (tertiary/aromatic N) is 2. The third kappa shape index (κ3) is 4.55.